The van der Waals surface area contributed by atoms with E-state index in [2.05, 4.69) is 20.8 Å². The van der Waals surface area contributed by atoms with Crippen LogP contribution < -0.4 is 10.6 Å². The molecular formula is C14H12F2N4O2S. The summed E-state index contributed by atoms with van der Waals surface area (Å²) in [4.78, 5) is 11.7. The summed E-state index contributed by atoms with van der Waals surface area (Å²) in [6.07, 6.45) is -2.18. The van der Waals surface area contributed by atoms with E-state index in [0.717, 1.165) is 16.7 Å². The Morgan fingerprint density at radius 3 is 2.87 bits per heavy atom. The van der Waals surface area contributed by atoms with Gasteiger partial charge in [-0.1, -0.05) is 29.5 Å². The van der Waals surface area contributed by atoms with Crippen LogP contribution in [0, 0.1) is 0 Å². The van der Waals surface area contributed by atoms with Crippen LogP contribution in [0.3, 0.4) is 0 Å². The van der Waals surface area contributed by atoms with E-state index in [9.17, 15) is 13.6 Å². The molecule has 0 unspecified atom stereocenters. The molecule has 0 aliphatic rings. The zero-order valence-corrected chi connectivity index (χ0v) is 12.6. The van der Waals surface area contributed by atoms with Crippen LogP contribution in [-0.4, -0.2) is 22.8 Å². The van der Waals surface area contributed by atoms with Gasteiger partial charge in [0.15, 0.2) is 5.01 Å². The number of amides is 2. The highest BCUT2D eigenvalue weighted by atomic mass is 32.1. The highest BCUT2D eigenvalue weighted by Crippen LogP contribution is 2.25. The molecule has 0 atom stereocenters. The average Bonchev–Trinajstić information content (AvgIpc) is 3.13. The van der Waals surface area contributed by atoms with Gasteiger partial charge in [-0.15, -0.1) is 10.2 Å². The van der Waals surface area contributed by atoms with Gasteiger partial charge in [0.25, 0.3) is 6.43 Å². The second-order valence-corrected chi connectivity index (χ2v) is 5.64. The first-order valence-electron chi connectivity index (χ1n) is 6.75. The number of carbonyl (C=O) groups excluding carboxylic acids is 1. The fourth-order valence-corrected chi connectivity index (χ4v) is 2.57. The average molecular weight is 338 g/mol. The molecule has 0 aliphatic carbocycles. The number of nitrogens with one attached hydrogen (secondary N) is 2. The Bertz CT molecular complexity index is 785. The maximum Gasteiger partial charge on any atom is 0.321 e. The van der Waals surface area contributed by atoms with Crippen molar-refractivity contribution < 1.29 is 18.0 Å². The first-order chi connectivity index (χ1) is 11.1. The zero-order chi connectivity index (χ0) is 16.2. The van der Waals surface area contributed by atoms with E-state index in [1.807, 2.05) is 30.3 Å². The molecular weight excluding hydrogens is 326 g/mol. The molecule has 3 rings (SSSR count). The second kappa shape index (κ2) is 6.69. The fourth-order valence-electron chi connectivity index (χ4n) is 1.97. The smallest absolute Gasteiger partial charge is 0.321 e. The lowest BCUT2D eigenvalue weighted by molar-refractivity contribution is 0.150. The molecule has 120 valence electrons. The van der Waals surface area contributed by atoms with Gasteiger partial charge in [0.05, 0.1) is 0 Å². The van der Waals surface area contributed by atoms with Crippen LogP contribution in [0.5, 0.6) is 0 Å². The van der Waals surface area contributed by atoms with Crippen molar-refractivity contribution in [1.29, 1.82) is 0 Å². The first kappa shape index (κ1) is 15.3. The molecule has 2 aromatic heterocycles. The molecule has 0 fully saturated rings. The number of fused-ring (bicyclic) bond motifs is 1. The Balaban J connectivity index is 1.48. The number of alkyl halides is 2. The van der Waals surface area contributed by atoms with Crippen molar-refractivity contribution in [3.63, 3.8) is 0 Å². The van der Waals surface area contributed by atoms with E-state index in [4.69, 9.17) is 4.42 Å². The number of benzene rings is 1. The minimum atomic E-state index is -2.70. The predicted molar refractivity (Wildman–Crippen MR) is 81.8 cm³/mol. The fraction of sp³-hybridized carbons (Fsp3) is 0.214. The molecule has 0 radical (unpaired) electrons. The molecule has 0 bridgehead atoms. The number of halogens is 2. The van der Waals surface area contributed by atoms with Gasteiger partial charge in [-0.2, -0.15) is 0 Å². The number of urea groups is 1. The van der Waals surface area contributed by atoms with Crippen LogP contribution in [0.2, 0.25) is 0 Å². The summed E-state index contributed by atoms with van der Waals surface area (Å²) in [7, 11) is 0. The normalized spacial score (nSPS) is 11.1. The molecule has 2 N–H and O–H groups in total. The number of anilines is 1. The highest BCUT2D eigenvalue weighted by Gasteiger charge is 2.15. The largest absolute Gasteiger partial charge is 0.461 e. The van der Waals surface area contributed by atoms with E-state index >= 15 is 0 Å². The molecule has 0 saturated carbocycles. The molecule has 6 nitrogen and oxygen atoms in total. The van der Waals surface area contributed by atoms with E-state index < -0.39 is 17.5 Å². The third-order valence-electron chi connectivity index (χ3n) is 2.98. The number of furan rings is 1. The number of para-hydroxylation sites is 1. The summed E-state index contributed by atoms with van der Waals surface area (Å²) >= 11 is 0.639. The lowest BCUT2D eigenvalue weighted by atomic mass is 10.2. The van der Waals surface area contributed by atoms with Gasteiger partial charge in [0.1, 0.15) is 11.3 Å². The summed E-state index contributed by atoms with van der Waals surface area (Å²) in [5.74, 6) is 0.752. The molecule has 9 heteroatoms. The van der Waals surface area contributed by atoms with Crippen molar-refractivity contribution in [1.82, 2.24) is 15.5 Å². The van der Waals surface area contributed by atoms with Crippen molar-refractivity contribution in [3.05, 3.63) is 41.1 Å². The van der Waals surface area contributed by atoms with Gasteiger partial charge in [0, 0.05) is 18.4 Å². The van der Waals surface area contributed by atoms with Crippen molar-refractivity contribution in [3.8, 4) is 0 Å². The van der Waals surface area contributed by atoms with E-state index in [1.54, 1.807) is 0 Å². The van der Waals surface area contributed by atoms with E-state index in [0.29, 0.717) is 24.3 Å². The summed E-state index contributed by atoms with van der Waals surface area (Å²) in [5.41, 5.74) is 0.792. The number of hydrogen-bond donors (Lipinski definition) is 2. The van der Waals surface area contributed by atoms with Gasteiger partial charge in [0.2, 0.25) is 5.13 Å². The minimum Gasteiger partial charge on any atom is -0.461 e. The molecule has 0 aliphatic heterocycles. The maximum atomic E-state index is 12.4. The molecule has 23 heavy (non-hydrogen) atoms. The summed E-state index contributed by atoms with van der Waals surface area (Å²) in [6, 6.07) is 9.00. The molecule has 0 saturated heterocycles. The lowest BCUT2D eigenvalue weighted by Gasteiger charge is -2.03. The maximum absolute atomic E-state index is 12.4. The molecule has 3 aromatic rings. The highest BCUT2D eigenvalue weighted by molar-refractivity contribution is 7.15. The van der Waals surface area contributed by atoms with Crippen molar-refractivity contribution in [2.24, 2.45) is 0 Å². The van der Waals surface area contributed by atoms with Crippen LogP contribution in [-0.2, 0) is 6.42 Å². The quantitative estimate of drug-likeness (QED) is 0.745. The SMILES string of the molecule is O=C(NCCc1cc2ccccc2o1)Nc1nnc(C(F)F)s1. The number of aromatic nitrogens is 2. The van der Waals surface area contributed by atoms with E-state index in [1.165, 1.54) is 0 Å². The predicted octanol–water partition coefficient (Wildman–Crippen LogP) is 3.59. The Kier molecular flexibility index (Phi) is 4.47. The summed E-state index contributed by atoms with van der Waals surface area (Å²) < 4.78 is 30.4. The van der Waals surface area contributed by atoms with Crippen molar-refractivity contribution >= 4 is 33.5 Å². The lowest BCUT2D eigenvalue weighted by Crippen LogP contribution is -2.30. The van der Waals surface area contributed by atoms with E-state index in [-0.39, 0.29) is 5.13 Å². The summed E-state index contributed by atoms with van der Waals surface area (Å²) in [5, 5.41) is 12.3. The third kappa shape index (κ3) is 3.81. The molecule has 1 aromatic carbocycles. The van der Waals surface area contributed by atoms with Gasteiger partial charge in [-0.05, 0) is 12.1 Å². The molecule has 2 amide bonds. The Hall–Kier alpha value is -2.55. The van der Waals surface area contributed by atoms with Gasteiger partial charge in [-0.3, -0.25) is 5.32 Å². The Morgan fingerprint density at radius 1 is 1.30 bits per heavy atom. The number of nitrogens with zero attached hydrogens (tertiary/aromatic N) is 2. The number of carbonyl (C=O) groups is 1. The first-order valence-corrected chi connectivity index (χ1v) is 7.57. The third-order valence-corrected chi connectivity index (χ3v) is 3.83. The van der Waals surface area contributed by atoms with Crippen LogP contribution in [0.4, 0.5) is 18.7 Å². The minimum absolute atomic E-state index is 0.0292. The van der Waals surface area contributed by atoms with Crippen LogP contribution in [0.25, 0.3) is 11.0 Å². The summed E-state index contributed by atoms with van der Waals surface area (Å²) in [6.45, 7) is 0.339. The second-order valence-electron chi connectivity index (χ2n) is 4.63. The van der Waals surface area contributed by atoms with Crippen LogP contribution in [0.15, 0.2) is 34.7 Å². The zero-order valence-electron chi connectivity index (χ0n) is 11.8. The standard InChI is InChI=1S/C14H12F2N4O2S/c15-11(16)12-19-20-14(23-12)18-13(21)17-6-5-9-7-8-3-1-2-4-10(8)22-9/h1-4,7,11H,5-6H2,(H2,17,18,20,21). The van der Waals surface area contributed by atoms with Crippen molar-refractivity contribution in [2.45, 2.75) is 12.8 Å². The van der Waals surface area contributed by atoms with Crippen LogP contribution >= 0.6 is 11.3 Å². The van der Waals surface area contributed by atoms with Crippen LogP contribution in [0.1, 0.15) is 17.2 Å². The molecule has 2 heterocycles. The molecule has 0 spiro atoms. The monoisotopic (exact) mass is 338 g/mol. The number of hydrogen-bond acceptors (Lipinski definition) is 5. The Labute approximate surface area is 133 Å². The van der Waals surface area contributed by atoms with Gasteiger partial charge < -0.3 is 9.73 Å². The number of rotatable bonds is 5. The Morgan fingerprint density at radius 2 is 2.13 bits per heavy atom. The van der Waals surface area contributed by atoms with Crippen molar-refractivity contribution in [2.75, 3.05) is 11.9 Å². The topological polar surface area (TPSA) is 80.0 Å². The van der Waals surface area contributed by atoms with Gasteiger partial charge >= 0.3 is 6.03 Å². The van der Waals surface area contributed by atoms with Gasteiger partial charge in [-0.25, -0.2) is 13.6 Å².